The Morgan fingerprint density at radius 3 is 2.64 bits per heavy atom. The van der Waals surface area contributed by atoms with Crippen molar-refractivity contribution >= 4 is 15.9 Å². The summed E-state index contributed by atoms with van der Waals surface area (Å²) in [6.07, 6.45) is 0.755. The van der Waals surface area contributed by atoms with E-state index < -0.39 is 10.0 Å². The fourth-order valence-corrected chi connectivity index (χ4v) is 2.92. The van der Waals surface area contributed by atoms with Gasteiger partial charge in [-0.2, -0.15) is 0 Å². The zero-order valence-electron chi connectivity index (χ0n) is 5.86. The second kappa shape index (κ2) is 1.95. The molecule has 0 bridgehead atoms. The van der Waals surface area contributed by atoms with Gasteiger partial charge in [0.2, 0.25) is 10.0 Å². The lowest BCUT2D eigenvalue weighted by atomic mass is 10.5. The maximum absolute atomic E-state index is 11.1. The molecule has 5 nitrogen and oxygen atoms in total. The number of hydrogen-bond acceptors (Lipinski definition) is 3. The quantitative estimate of drug-likeness (QED) is 0.465. The van der Waals surface area contributed by atoms with Gasteiger partial charge in [-0.15, -0.1) is 4.41 Å². The van der Waals surface area contributed by atoms with Crippen LogP contribution < -0.4 is 0 Å². The van der Waals surface area contributed by atoms with Crippen LogP contribution in [-0.4, -0.2) is 42.6 Å². The van der Waals surface area contributed by atoms with E-state index in [9.17, 15) is 13.2 Å². The van der Waals surface area contributed by atoms with E-state index in [0.717, 1.165) is 6.42 Å². The molecule has 0 aliphatic carbocycles. The van der Waals surface area contributed by atoms with Crippen LogP contribution in [0.25, 0.3) is 0 Å². The van der Waals surface area contributed by atoms with Gasteiger partial charge in [0, 0.05) is 13.1 Å². The van der Waals surface area contributed by atoms with Crippen molar-refractivity contribution < 1.29 is 13.2 Å². The predicted octanol–water partition coefficient (Wildman–Crippen LogP) is -1.22. The van der Waals surface area contributed by atoms with Crippen molar-refractivity contribution in [3.05, 3.63) is 0 Å². The highest BCUT2D eigenvalue weighted by molar-refractivity contribution is 7.90. The van der Waals surface area contributed by atoms with Crippen molar-refractivity contribution in [2.75, 3.05) is 18.8 Å². The van der Waals surface area contributed by atoms with Gasteiger partial charge < -0.3 is 0 Å². The van der Waals surface area contributed by atoms with Crippen LogP contribution in [0.1, 0.15) is 6.42 Å². The second-order valence-corrected chi connectivity index (χ2v) is 4.55. The Morgan fingerprint density at radius 1 is 1.27 bits per heavy atom. The van der Waals surface area contributed by atoms with Crippen LogP contribution in [-0.2, 0) is 14.8 Å². The molecule has 2 saturated heterocycles. The molecule has 1 amide bonds. The molecule has 2 aliphatic heterocycles. The number of carbonyl (C=O) groups is 1. The van der Waals surface area contributed by atoms with Gasteiger partial charge in [-0.3, -0.25) is 9.80 Å². The lowest BCUT2D eigenvalue weighted by molar-refractivity contribution is -0.132. The molecule has 0 radical (unpaired) electrons. The van der Waals surface area contributed by atoms with E-state index in [1.165, 1.54) is 9.42 Å². The van der Waals surface area contributed by atoms with Gasteiger partial charge in [0.1, 0.15) is 5.75 Å². The van der Waals surface area contributed by atoms with Gasteiger partial charge in [0.05, 0.1) is 0 Å². The molecule has 0 unspecified atom stereocenters. The first kappa shape index (κ1) is 7.05. The van der Waals surface area contributed by atoms with Crippen molar-refractivity contribution in [1.82, 2.24) is 9.42 Å². The Bertz CT molecular complexity index is 297. The summed E-state index contributed by atoms with van der Waals surface area (Å²) >= 11 is 0. The zero-order chi connectivity index (χ0) is 8.06. The first-order valence-corrected chi connectivity index (χ1v) is 5.03. The van der Waals surface area contributed by atoms with Gasteiger partial charge in [0.15, 0.2) is 0 Å². The summed E-state index contributed by atoms with van der Waals surface area (Å²) in [7, 11) is -3.26. The molecule has 62 valence electrons. The number of amides is 1. The normalized spacial score (nSPS) is 29.5. The minimum Gasteiger partial charge on any atom is -0.272 e. The third-order valence-corrected chi connectivity index (χ3v) is 3.54. The van der Waals surface area contributed by atoms with E-state index in [1.807, 2.05) is 0 Å². The molecule has 0 N–H and O–H groups in total. The van der Waals surface area contributed by atoms with Gasteiger partial charge in [-0.25, -0.2) is 8.42 Å². The average molecular weight is 176 g/mol. The Labute approximate surface area is 64.6 Å². The van der Waals surface area contributed by atoms with Crippen molar-refractivity contribution in [3.8, 4) is 0 Å². The molecule has 0 saturated carbocycles. The van der Waals surface area contributed by atoms with Crippen molar-refractivity contribution in [1.29, 1.82) is 0 Å². The standard InChI is InChI=1S/C5H8N2O3S/c8-5-4-11(9,10)7-3-1-2-6(5)7/h1-4H2. The highest BCUT2D eigenvalue weighted by atomic mass is 32.2. The van der Waals surface area contributed by atoms with E-state index in [1.54, 1.807) is 0 Å². The number of carbonyl (C=O) groups excluding carboxylic acids is 1. The second-order valence-electron chi connectivity index (χ2n) is 2.67. The van der Waals surface area contributed by atoms with Gasteiger partial charge in [-0.1, -0.05) is 0 Å². The van der Waals surface area contributed by atoms with Crippen LogP contribution in [0.5, 0.6) is 0 Å². The van der Waals surface area contributed by atoms with Gasteiger partial charge in [0.25, 0.3) is 5.91 Å². The van der Waals surface area contributed by atoms with E-state index in [4.69, 9.17) is 0 Å². The monoisotopic (exact) mass is 176 g/mol. The summed E-state index contributed by atoms with van der Waals surface area (Å²) in [6, 6.07) is 0. The van der Waals surface area contributed by atoms with Crippen molar-refractivity contribution in [2.24, 2.45) is 0 Å². The summed E-state index contributed by atoms with van der Waals surface area (Å²) in [5, 5.41) is 1.31. The molecule has 2 heterocycles. The fraction of sp³-hybridized carbons (Fsp3) is 0.800. The number of hydrazine groups is 1. The molecule has 6 heteroatoms. The third kappa shape index (κ3) is 0.860. The Balaban J connectivity index is 2.42. The zero-order valence-corrected chi connectivity index (χ0v) is 6.67. The lowest BCUT2D eigenvalue weighted by Gasteiger charge is -2.15. The number of nitrogens with zero attached hydrogens (tertiary/aromatic N) is 2. The van der Waals surface area contributed by atoms with E-state index in [2.05, 4.69) is 0 Å². The maximum atomic E-state index is 11.1. The number of rotatable bonds is 0. The molecule has 0 spiro atoms. The first-order valence-electron chi connectivity index (χ1n) is 3.42. The Kier molecular flexibility index (Phi) is 1.25. The summed E-state index contributed by atoms with van der Waals surface area (Å²) in [4.78, 5) is 11.0. The molecule has 11 heavy (non-hydrogen) atoms. The van der Waals surface area contributed by atoms with Crippen LogP contribution >= 0.6 is 0 Å². The number of sulfonamides is 1. The molecular formula is C5H8N2O3S. The Hall–Kier alpha value is -0.620. The van der Waals surface area contributed by atoms with Crippen molar-refractivity contribution in [2.45, 2.75) is 6.42 Å². The lowest BCUT2D eigenvalue weighted by Crippen LogP contribution is -2.33. The molecule has 2 rings (SSSR count). The van der Waals surface area contributed by atoms with E-state index in [0.29, 0.717) is 13.1 Å². The van der Waals surface area contributed by atoms with Crippen LogP contribution in [0.4, 0.5) is 0 Å². The minimum atomic E-state index is -3.26. The highest BCUT2D eigenvalue weighted by Gasteiger charge is 2.44. The molecular weight excluding hydrogens is 168 g/mol. The van der Waals surface area contributed by atoms with Crippen LogP contribution in [0, 0.1) is 0 Å². The summed E-state index contributed by atoms with van der Waals surface area (Å²) < 4.78 is 23.4. The van der Waals surface area contributed by atoms with E-state index in [-0.39, 0.29) is 11.7 Å². The average Bonchev–Trinajstić information content (AvgIpc) is 2.37. The van der Waals surface area contributed by atoms with Gasteiger partial charge >= 0.3 is 0 Å². The highest BCUT2D eigenvalue weighted by Crippen LogP contribution is 2.22. The fourth-order valence-electron chi connectivity index (χ4n) is 1.43. The summed E-state index contributed by atoms with van der Waals surface area (Å²) in [5.41, 5.74) is 0. The van der Waals surface area contributed by atoms with Gasteiger partial charge in [-0.05, 0) is 6.42 Å². The van der Waals surface area contributed by atoms with Crippen LogP contribution in [0.2, 0.25) is 0 Å². The maximum Gasteiger partial charge on any atom is 0.254 e. The number of fused-ring (bicyclic) bond motifs is 1. The number of hydrogen-bond donors (Lipinski definition) is 0. The SMILES string of the molecule is O=C1CS(=O)(=O)N2CCCN12. The molecule has 0 aromatic carbocycles. The predicted molar refractivity (Wildman–Crippen MR) is 36.8 cm³/mol. The van der Waals surface area contributed by atoms with Crippen LogP contribution in [0.3, 0.4) is 0 Å². The molecule has 2 aliphatic rings. The molecule has 0 aromatic heterocycles. The largest absolute Gasteiger partial charge is 0.272 e. The summed E-state index contributed by atoms with van der Waals surface area (Å²) in [5.74, 6) is -0.630. The van der Waals surface area contributed by atoms with E-state index >= 15 is 0 Å². The minimum absolute atomic E-state index is 0.289. The summed E-state index contributed by atoms with van der Waals surface area (Å²) in [6.45, 7) is 1.02. The van der Waals surface area contributed by atoms with Crippen LogP contribution in [0.15, 0.2) is 0 Å². The Morgan fingerprint density at radius 2 is 2.00 bits per heavy atom. The molecule has 2 fully saturated rings. The smallest absolute Gasteiger partial charge is 0.254 e. The molecule has 0 aromatic rings. The first-order chi connectivity index (χ1) is 5.11. The topological polar surface area (TPSA) is 57.7 Å². The molecule has 0 atom stereocenters. The third-order valence-electron chi connectivity index (χ3n) is 1.90. The van der Waals surface area contributed by atoms with Crippen molar-refractivity contribution in [3.63, 3.8) is 0 Å².